The molecule has 1 heterocycles. The van der Waals surface area contributed by atoms with E-state index in [4.69, 9.17) is 0 Å². The third-order valence-corrected chi connectivity index (χ3v) is 2.28. The molecule has 0 N–H and O–H groups in total. The van der Waals surface area contributed by atoms with E-state index in [-0.39, 0.29) is 32.7 Å². The minimum absolute atomic E-state index is 0. The predicted molar refractivity (Wildman–Crippen MR) is 62.5 cm³/mol. The van der Waals surface area contributed by atoms with E-state index in [9.17, 15) is 0 Å². The number of fused-ring (bicyclic) bond motifs is 1. The van der Waals surface area contributed by atoms with Crippen molar-refractivity contribution in [3.05, 3.63) is 36.2 Å². The fraction of sp³-hybridized carbons (Fsp3) is 0.462. The van der Waals surface area contributed by atoms with Gasteiger partial charge in [0.15, 0.2) is 0 Å². The van der Waals surface area contributed by atoms with Gasteiger partial charge in [0.1, 0.15) is 0 Å². The van der Waals surface area contributed by atoms with Crippen molar-refractivity contribution < 1.29 is 32.7 Å². The van der Waals surface area contributed by atoms with Gasteiger partial charge >= 0.3 is 0 Å². The Bertz CT molecular complexity index is 273. The Kier molecular flexibility index (Phi) is 8.36. The smallest absolute Gasteiger partial charge is 0.00597 e. The molecule has 81 valence electrons. The van der Waals surface area contributed by atoms with Crippen LogP contribution in [0.3, 0.4) is 0 Å². The summed E-state index contributed by atoms with van der Waals surface area (Å²) in [4.78, 5) is 2.30. The fourth-order valence-electron chi connectivity index (χ4n) is 1.65. The van der Waals surface area contributed by atoms with Crippen LogP contribution in [-0.4, -0.2) is 13.6 Å². The molecule has 0 bridgehead atoms. The van der Waals surface area contributed by atoms with E-state index in [2.05, 4.69) is 30.1 Å². The first-order chi connectivity index (χ1) is 6.79. The number of anilines is 1. The first-order valence-electron chi connectivity index (χ1n) is 5.23. The van der Waals surface area contributed by atoms with Gasteiger partial charge in [-0.25, -0.2) is 0 Å². The van der Waals surface area contributed by atoms with Crippen LogP contribution in [0.1, 0.15) is 25.8 Å². The van der Waals surface area contributed by atoms with Gasteiger partial charge < -0.3 is 11.3 Å². The van der Waals surface area contributed by atoms with Crippen LogP contribution in [0.5, 0.6) is 0 Å². The van der Waals surface area contributed by atoms with E-state index in [0.717, 1.165) is 0 Å². The summed E-state index contributed by atoms with van der Waals surface area (Å²) in [6, 6.07) is 9.36. The number of hydrogen-bond acceptors (Lipinski definition) is 1. The Balaban J connectivity index is 0.000000443. The van der Waals surface area contributed by atoms with Gasteiger partial charge in [0.05, 0.1) is 0 Å². The standard InChI is InChI=1S/C10H12N.C3H7.Y/c1-11-8-4-6-9-5-2-3-7-10(9)11;1-3-2;/h2,5,7H,4,6,8H2,1H3;3H,1-2H3;/q2*-1;. The molecule has 1 aromatic carbocycles. The molecule has 0 aliphatic carbocycles. The van der Waals surface area contributed by atoms with Crippen LogP contribution in [0.25, 0.3) is 0 Å². The minimum atomic E-state index is 0. The Morgan fingerprint density at radius 1 is 1.40 bits per heavy atom. The van der Waals surface area contributed by atoms with Crippen LogP contribution in [0, 0.1) is 12.5 Å². The SMILES string of the molecule is CN1CCCc2cc[c-]cc21.C[CH-]C.[Y]. The summed E-state index contributed by atoms with van der Waals surface area (Å²) in [5, 5.41) is 0. The molecular formula is C13H19NY-2. The second kappa shape index (κ2) is 8.30. The van der Waals surface area contributed by atoms with Crippen LogP contribution in [0.15, 0.2) is 18.2 Å². The van der Waals surface area contributed by atoms with E-state index < -0.39 is 0 Å². The number of hydrogen-bond donors (Lipinski definition) is 0. The van der Waals surface area contributed by atoms with Gasteiger partial charge in [-0.15, -0.1) is 5.56 Å². The first-order valence-corrected chi connectivity index (χ1v) is 5.23. The summed E-state index contributed by atoms with van der Waals surface area (Å²) in [6.45, 7) is 5.19. The maximum atomic E-state index is 3.11. The van der Waals surface area contributed by atoms with Crippen LogP contribution < -0.4 is 4.90 Å². The molecule has 1 radical (unpaired) electrons. The normalized spacial score (nSPS) is 13.1. The molecule has 1 aliphatic rings. The summed E-state index contributed by atoms with van der Waals surface area (Å²) < 4.78 is 0. The van der Waals surface area contributed by atoms with Crippen LogP contribution in [0.4, 0.5) is 5.69 Å². The molecule has 0 spiro atoms. The van der Waals surface area contributed by atoms with Crippen molar-refractivity contribution in [2.24, 2.45) is 0 Å². The van der Waals surface area contributed by atoms with Crippen molar-refractivity contribution in [2.45, 2.75) is 26.7 Å². The summed E-state index contributed by atoms with van der Waals surface area (Å²) >= 11 is 0. The second-order valence-corrected chi connectivity index (χ2v) is 3.66. The van der Waals surface area contributed by atoms with Crippen LogP contribution >= 0.6 is 0 Å². The molecule has 0 atom stereocenters. The zero-order valence-electron chi connectivity index (χ0n) is 9.96. The van der Waals surface area contributed by atoms with E-state index in [1.165, 1.54) is 30.6 Å². The van der Waals surface area contributed by atoms with E-state index in [0.29, 0.717) is 0 Å². The summed E-state index contributed by atoms with van der Waals surface area (Å²) in [7, 11) is 2.14. The van der Waals surface area contributed by atoms with E-state index >= 15 is 0 Å². The van der Waals surface area contributed by atoms with Crippen molar-refractivity contribution in [2.75, 3.05) is 18.5 Å². The molecule has 1 nitrogen and oxygen atoms in total. The second-order valence-electron chi connectivity index (χ2n) is 3.66. The maximum absolute atomic E-state index is 3.11. The van der Waals surface area contributed by atoms with Crippen molar-refractivity contribution >= 4 is 5.69 Å². The molecule has 0 saturated carbocycles. The first kappa shape index (κ1) is 15.1. The van der Waals surface area contributed by atoms with Crippen molar-refractivity contribution in [3.63, 3.8) is 0 Å². The van der Waals surface area contributed by atoms with Gasteiger partial charge in [-0.3, -0.25) is 0 Å². The Morgan fingerprint density at radius 2 is 2.07 bits per heavy atom. The summed E-state index contributed by atoms with van der Waals surface area (Å²) in [5.41, 5.74) is 2.83. The molecule has 0 saturated heterocycles. The fourth-order valence-corrected chi connectivity index (χ4v) is 1.65. The average Bonchev–Trinajstić information content (AvgIpc) is 2.20. The minimum Gasteiger partial charge on any atom is -0.426 e. The third-order valence-electron chi connectivity index (χ3n) is 2.28. The predicted octanol–water partition coefficient (Wildman–Crippen LogP) is 3.10. The third kappa shape index (κ3) is 4.65. The average molecular weight is 278 g/mol. The van der Waals surface area contributed by atoms with Gasteiger partial charge in [0, 0.05) is 39.3 Å². The maximum Gasteiger partial charge on any atom is 0.00597 e. The molecule has 0 fully saturated rings. The molecule has 2 heteroatoms. The largest absolute Gasteiger partial charge is 0.426 e. The molecule has 0 amide bonds. The summed E-state index contributed by atoms with van der Waals surface area (Å²) in [6.07, 6.45) is 4.52. The van der Waals surface area contributed by atoms with Gasteiger partial charge in [-0.2, -0.15) is 38.1 Å². The number of aryl methyl sites for hydroxylation is 1. The van der Waals surface area contributed by atoms with Gasteiger partial charge in [-0.1, -0.05) is 5.69 Å². The van der Waals surface area contributed by atoms with Crippen molar-refractivity contribution in [1.82, 2.24) is 0 Å². The van der Waals surface area contributed by atoms with Gasteiger partial charge in [0.2, 0.25) is 0 Å². The molecule has 0 aromatic heterocycles. The zero-order valence-corrected chi connectivity index (χ0v) is 12.8. The molecular weight excluding hydrogens is 259 g/mol. The van der Waals surface area contributed by atoms with Gasteiger partial charge in [-0.05, 0) is 19.9 Å². The van der Waals surface area contributed by atoms with E-state index in [1.807, 2.05) is 26.3 Å². The van der Waals surface area contributed by atoms with Crippen LogP contribution in [-0.2, 0) is 39.1 Å². The van der Waals surface area contributed by atoms with Crippen molar-refractivity contribution in [3.8, 4) is 0 Å². The topological polar surface area (TPSA) is 3.24 Å². The molecule has 1 aliphatic heterocycles. The van der Waals surface area contributed by atoms with Gasteiger partial charge in [0.25, 0.3) is 0 Å². The number of nitrogens with zero attached hydrogens (tertiary/aromatic N) is 1. The molecule has 15 heavy (non-hydrogen) atoms. The van der Waals surface area contributed by atoms with E-state index in [1.54, 1.807) is 0 Å². The number of rotatable bonds is 0. The van der Waals surface area contributed by atoms with Crippen molar-refractivity contribution in [1.29, 1.82) is 0 Å². The molecule has 1 aromatic rings. The molecule has 2 rings (SSSR count). The summed E-state index contributed by atoms with van der Waals surface area (Å²) in [5.74, 6) is 0. The van der Waals surface area contributed by atoms with Crippen LogP contribution in [0.2, 0.25) is 0 Å². The Hall–Kier alpha value is 0.124. The number of benzene rings is 1. The Morgan fingerprint density at radius 3 is 2.67 bits per heavy atom. The Labute approximate surface area is 119 Å². The zero-order chi connectivity index (χ0) is 10.4. The quantitative estimate of drug-likeness (QED) is 0.659. The molecule has 0 unspecified atom stereocenters. The monoisotopic (exact) mass is 278 g/mol.